The van der Waals surface area contributed by atoms with Gasteiger partial charge < -0.3 is 20.1 Å². The SMILES string of the molecule is CCOc1cc(/C=N\NC(=O)c2ccc(-c3csc(Nc4ccc(Cl)cc4)n3)cc2)cc(I)c1OCC(=O)Nc1cc(C)ccc1C. The number of nitrogens with zero attached hydrogens (tertiary/aromatic N) is 2. The first-order valence-corrected chi connectivity index (χ1v) is 16.9. The van der Waals surface area contributed by atoms with Gasteiger partial charge in [0.15, 0.2) is 23.2 Å². The van der Waals surface area contributed by atoms with Crippen LogP contribution in [0, 0.1) is 17.4 Å². The minimum atomic E-state index is -0.356. The Hall–Kier alpha value is -4.46. The Morgan fingerprint density at radius 2 is 1.77 bits per heavy atom. The highest BCUT2D eigenvalue weighted by atomic mass is 127. The molecule has 3 N–H and O–H groups in total. The quantitative estimate of drug-likeness (QED) is 0.0664. The van der Waals surface area contributed by atoms with Crippen molar-refractivity contribution in [2.24, 2.45) is 5.10 Å². The first-order valence-electron chi connectivity index (χ1n) is 14.6. The average molecular weight is 780 g/mol. The highest BCUT2D eigenvalue weighted by Gasteiger charge is 2.15. The summed E-state index contributed by atoms with van der Waals surface area (Å²) in [6.45, 7) is 5.98. The summed E-state index contributed by atoms with van der Waals surface area (Å²) in [6.07, 6.45) is 1.53. The molecular weight excluding hydrogens is 749 g/mol. The van der Waals surface area contributed by atoms with E-state index in [1.54, 1.807) is 18.2 Å². The number of hydrazone groups is 1. The van der Waals surface area contributed by atoms with E-state index in [1.807, 2.05) is 86.8 Å². The van der Waals surface area contributed by atoms with Crippen molar-refractivity contribution in [3.05, 3.63) is 115 Å². The van der Waals surface area contributed by atoms with E-state index in [0.29, 0.717) is 34.3 Å². The molecule has 0 aliphatic carbocycles. The van der Waals surface area contributed by atoms with Gasteiger partial charge in [0.05, 0.1) is 22.1 Å². The van der Waals surface area contributed by atoms with Gasteiger partial charge in [-0.05, 0) is 115 Å². The maximum atomic E-state index is 12.8. The van der Waals surface area contributed by atoms with Crippen LogP contribution in [0.15, 0.2) is 89.3 Å². The fourth-order valence-corrected chi connectivity index (χ4v) is 6.05. The Morgan fingerprint density at radius 1 is 1.00 bits per heavy atom. The number of carbonyl (C=O) groups excluding carboxylic acids is 2. The predicted molar refractivity (Wildman–Crippen MR) is 198 cm³/mol. The summed E-state index contributed by atoms with van der Waals surface area (Å²) in [6, 6.07) is 24.0. The van der Waals surface area contributed by atoms with Gasteiger partial charge in [0, 0.05) is 32.9 Å². The highest BCUT2D eigenvalue weighted by Crippen LogP contribution is 2.34. The molecular formula is C35H31ClIN5O4S. The van der Waals surface area contributed by atoms with Crippen molar-refractivity contribution in [1.82, 2.24) is 10.4 Å². The van der Waals surface area contributed by atoms with Crippen LogP contribution in [-0.4, -0.2) is 36.2 Å². The van der Waals surface area contributed by atoms with Gasteiger partial charge in [0.25, 0.3) is 11.8 Å². The van der Waals surface area contributed by atoms with E-state index in [2.05, 4.69) is 48.7 Å². The van der Waals surface area contributed by atoms with Gasteiger partial charge in [-0.1, -0.05) is 35.9 Å². The number of ether oxygens (including phenoxy) is 2. The lowest BCUT2D eigenvalue weighted by molar-refractivity contribution is -0.118. The molecule has 0 fully saturated rings. The van der Waals surface area contributed by atoms with Crippen molar-refractivity contribution in [2.75, 3.05) is 23.8 Å². The number of rotatable bonds is 12. The van der Waals surface area contributed by atoms with Crippen LogP contribution in [0.4, 0.5) is 16.5 Å². The summed E-state index contributed by atoms with van der Waals surface area (Å²) in [7, 11) is 0. The summed E-state index contributed by atoms with van der Waals surface area (Å²) >= 11 is 9.57. The zero-order valence-electron chi connectivity index (χ0n) is 25.8. The fraction of sp³-hybridized carbons (Fsp3) is 0.143. The second-order valence-electron chi connectivity index (χ2n) is 10.4. The van der Waals surface area contributed by atoms with Gasteiger partial charge in [0.2, 0.25) is 0 Å². The van der Waals surface area contributed by atoms with Crippen LogP contribution < -0.4 is 25.5 Å². The number of hydrogen-bond acceptors (Lipinski definition) is 8. The van der Waals surface area contributed by atoms with Crippen molar-refractivity contribution >= 4 is 80.1 Å². The highest BCUT2D eigenvalue weighted by molar-refractivity contribution is 14.1. The van der Waals surface area contributed by atoms with Crippen LogP contribution in [0.25, 0.3) is 11.3 Å². The van der Waals surface area contributed by atoms with Crippen molar-refractivity contribution in [3.63, 3.8) is 0 Å². The van der Waals surface area contributed by atoms with E-state index in [4.69, 9.17) is 21.1 Å². The lowest BCUT2D eigenvalue weighted by Gasteiger charge is -2.15. The van der Waals surface area contributed by atoms with Gasteiger partial charge in [0.1, 0.15) is 0 Å². The third-order valence-corrected chi connectivity index (χ3v) is 8.58. The molecule has 1 heterocycles. The molecule has 0 radical (unpaired) electrons. The van der Waals surface area contributed by atoms with Gasteiger partial charge in [-0.25, -0.2) is 10.4 Å². The number of anilines is 3. The van der Waals surface area contributed by atoms with Crippen molar-refractivity contribution < 1.29 is 19.1 Å². The Bertz CT molecular complexity index is 1910. The smallest absolute Gasteiger partial charge is 0.271 e. The summed E-state index contributed by atoms with van der Waals surface area (Å²) in [4.78, 5) is 30.1. The number of benzene rings is 4. The maximum Gasteiger partial charge on any atom is 0.271 e. The van der Waals surface area contributed by atoms with Gasteiger partial charge >= 0.3 is 0 Å². The topological polar surface area (TPSA) is 114 Å². The van der Waals surface area contributed by atoms with E-state index in [0.717, 1.165) is 42.5 Å². The summed E-state index contributed by atoms with van der Waals surface area (Å²) < 4.78 is 12.4. The van der Waals surface area contributed by atoms with Gasteiger partial charge in [-0.15, -0.1) is 11.3 Å². The van der Waals surface area contributed by atoms with Crippen molar-refractivity contribution in [3.8, 4) is 22.8 Å². The molecule has 0 saturated carbocycles. The third kappa shape index (κ3) is 9.31. The molecule has 9 nitrogen and oxygen atoms in total. The predicted octanol–water partition coefficient (Wildman–Crippen LogP) is 8.61. The number of nitrogens with one attached hydrogen (secondary N) is 3. The Labute approximate surface area is 295 Å². The number of amides is 2. The van der Waals surface area contributed by atoms with Crippen LogP contribution >= 0.6 is 45.5 Å². The fourth-order valence-electron chi connectivity index (χ4n) is 4.40. The van der Waals surface area contributed by atoms with E-state index in [-0.39, 0.29) is 18.4 Å². The number of halogens is 2. The molecule has 0 saturated heterocycles. The summed E-state index contributed by atoms with van der Waals surface area (Å²) in [5, 5.41) is 13.7. The summed E-state index contributed by atoms with van der Waals surface area (Å²) in [5.74, 6) is 0.292. The first-order chi connectivity index (χ1) is 22.7. The Balaban J connectivity index is 1.17. The van der Waals surface area contributed by atoms with Gasteiger partial charge in [-0.3, -0.25) is 9.59 Å². The standard InChI is InChI=1S/C35H31ClIN5O4S/c1-4-45-31-17-23(16-28(37)33(31)46-19-32(43)40-29-15-21(2)5-6-22(29)3)18-38-42-34(44)25-9-7-24(8-10-25)30-20-47-35(41-30)39-27-13-11-26(36)12-14-27/h5-18,20H,4,19H2,1-3H3,(H,39,41)(H,40,43)(H,42,44)/b38-18-. The third-order valence-electron chi connectivity index (χ3n) is 6.77. The molecule has 0 aliphatic heterocycles. The largest absolute Gasteiger partial charge is 0.490 e. The molecule has 0 unspecified atom stereocenters. The number of aryl methyl sites for hydroxylation is 2. The van der Waals surface area contributed by atoms with E-state index in [9.17, 15) is 9.59 Å². The first kappa shape index (κ1) is 33.9. The molecule has 12 heteroatoms. The average Bonchev–Trinajstić information content (AvgIpc) is 3.52. The lowest BCUT2D eigenvalue weighted by atomic mass is 10.1. The normalized spacial score (nSPS) is 10.9. The molecule has 5 aromatic rings. The zero-order chi connectivity index (χ0) is 33.3. The van der Waals surface area contributed by atoms with Crippen LogP contribution in [-0.2, 0) is 4.79 Å². The molecule has 0 spiro atoms. The minimum absolute atomic E-state index is 0.185. The maximum absolute atomic E-state index is 12.8. The number of aromatic nitrogens is 1. The molecule has 240 valence electrons. The van der Waals surface area contributed by atoms with Gasteiger partial charge in [-0.2, -0.15) is 5.10 Å². The van der Waals surface area contributed by atoms with E-state index in [1.165, 1.54) is 17.6 Å². The molecule has 0 aliphatic rings. The lowest BCUT2D eigenvalue weighted by Crippen LogP contribution is -2.21. The van der Waals surface area contributed by atoms with Crippen LogP contribution in [0.2, 0.25) is 5.02 Å². The number of thiazole rings is 1. The number of hydrogen-bond donors (Lipinski definition) is 3. The molecule has 4 aromatic carbocycles. The molecule has 0 atom stereocenters. The van der Waals surface area contributed by atoms with E-state index >= 15 is 0 Å². The second-order valence-corrected chi connectivity index (χ2v) is 12.8. The van der Waals surface area contributed by atoms with E-state index < -0.39 is 0 Å². The van der Waals surface area contributed by atoms with Crippen LogP contribution in [0.5, 0.6) is 11.5 Å². The van der Waals surface area contributed by atoms with Crippen molar-refractivity contribution in [2.45, 2.75) is 20.8 Å². The summed E-state index contributed by atoms with van der Waals surface area (Å²) in [5.41, 5.74) is 9.05. The Morgan fingerprint density at radius 3 is 2.51 bits per heavy atom. The second kappa shape index (κ2) is 15.9. The van der Waals surface area contributed by atoms with Crippen molar-refractivity contribution in [1.29, 1.82) is 0 Å². The van der Waals surface area contributed by atoms with Crippen LogP contribution in [0.3, 0.4) is 0 Å². The number of carbonyl (C=O) groups is 2. The molecule has 0 bridgehead atoms. The zero-order valence-corrected chi connectivity index (χ0v) is 29.5. The Kier molecular flexibility index (Phi) is 11.5. The monoisotopic (exact) mass is 779 g/mol. The molecule has 47 heavy (non-hydrogen) atoms. The molecule has 1 aromatic heterocycles. The minimum Gasteiger partial charge on any atom is -0.490 e. The molecule has 5 rings (SSSR count). The van der Waals surface area contributed by atoms with Crippen LogP contribution in [0.1, 0.15) is 34.0 Å². The molecule has 2 amide bonds.